The van der Waals surface area contributed by atoms with Gasteiger partial charge in [-0.25, -0.2) is 0 Å². The SMILES string of the molecule is CCCC1(C(=O)NCc2ccc(Oc3ccccc3)cc2)[C@@H](C(=O)O)C(C(=O)O)[C@@H]1C(=O)O. The van der Waals surface area contributed by atoms with E-state index in [-0.39, 0.29) is 13.0 Å². The van der Waals surface area contributed by atoms with Gasteiger partial charge in [0.2, 0.25) is 5.91 Å². The van der Waals surface area contributed by atoms with Gasteiger partial charge in [0.15, 0.2) is 0 Å². The largest absolute Gasteiger partial charge is 0.481 e. The molecule has 0 heterocycles. The third-order valence-corrected chi connectivity index (χ3v) is 6.09. The minimum atomic E-state index is -1.84. The molecule has 9 nitrogen and oxygen atoms in total. The van der Waals surface area contributed by atoms with Crippen molar-refractivity contribution in [3.63, 3.8) is 0 Å². The van der Waals surface area contributed by atoms with Crippen molar-refractivity contribution < 1.29 is 39.2 Å². The average molecular weight is 455 g/mol. The predicted octanol–water partition coefficient (Wildman–Crippen LogP) is 3.00. The average Bonchev–Trinajstić information content (AvgIpc) is 2.75. The second kappa shape index (κ2) is 9.72. The van der Waals surface area contributed by atoms with Crippen molar-refractivity contribution in [2.45, 2.75) is 26.3 Å². The van der Waals surface area contributed by atoms with Crippen LogP contribution in [-0.4, -0.2) is 39.1 Å². The Bertz CT molecular complexity index is 1010. The van der Waals surface area contributed by atoms with Crippen molar-refractivity contribution in [2.24, 2.45) is 23.2 Å². The highest BCUT2D eigenvalue weighted by Crippen LogP contribution is 2.59. The van der Waals surface area contributed by atoms with Crippen molar-refractivity contribution >= 4 is 23.8 Å². The summed E-state index contributed by atoms with van der Waals surface area (Å²) >= 11 is 0. The lowest BCUT2D eigenvalue weighted by Crippen LogP contribution is -2.70. The van der Waals surface area contributed by atoms with Gasteiger partial charge in [0, 0.05) is 6.54 Å². The van der Waals surface area contributed by atoms with E-state index in [0.29, 0.717) is 23.5 Å². The maximum atomic E-state index is 13.2. The molecule has 1 fully saturated rings. The summed E-state index contributed by atoms with van der Waals surface area (Å²) in [4.78, 5) is 48.5. The van der Waals surface area contributed by atoms with E-state index in [1.807, 2.05) is 30.3 Å². The Morgan fingerprint density at radius 1 is 0.848 bits per heavy atom. The second-order valence-corrected chi connectivity index (χ2v) is 8.03. The highest BCUT2D eigenvalue weighted by molar-refractivity contribution is 6.00. The Morgan fingerprint density at radius 2 is 1.39 bits per heavy atom. The smallest absolute Gasteiger partial charge is 0.308 e. The molecule has 0 radical (unpaired) electrons. The molecule has 1 amide bonds. The Hall–Kier alpha value is -3.88. The molecule has 9 heteroatoms. The molecular formula is C24H25NO8. The lowest BCUT2D eigenvalue weighted by Gasteiger charge is -2.54. The van der Waals surface area contributed by atoms with Gasteiger partial charge in [-0.3, -0.25) is 19.2 Å². The van der Waals surface area contributed by atoms with E-state index in [0.717, 1.165) is 0 Å². The number of hydrogen-bond acceptors (Lipinski definition) is 5. The van der Waals surface area contributed by atoms with E-state index in [4.69, 9.17) is 4.74 Å². The zero-order valence-corrected chi connectivity index (χ0v) is 17.9. The van der Waals surface area contributed by atoms with Crippen LogP contribution in [-0.2, 0) is 25.7 Å². The molecular weight excluding hydrogens is 430 g/mol. The standard InChI is InChI=1S/C24H25NO8/c1-2-12-24(18(21(28)29)17(20(26)27)19(24)22(30)31)23(32)25-13-14-8-10-16(11-9-14)33-15-6-4-3-5-7-15/h3-11,17-19H,2,12-13H2,1H3,(H,25,32)(H,26,27)(H,28,29)(H,30,31)/t17?,18-,19-,24?/m1/s1. The van der Waals surface area contributed by atoms with Gasteiger partial charge < -0.3 is 25.4 Å². The Morgan fingerprint density at radius 3 is 1.88 bits per heavy atom. The first kappa shape index (κ1) is 23.8. The van der Waals surface area contributed by atoms with Crippen LogP contribution < -0.4 is 10.1 Å². The van der Waals surface area contributed by atoms with Crippen LogP contribution in [0.25, 0.3) is 0 Å². The van der Waals surface area contributed by atoms with Crippen molar-refractivity contribution in [3.05, 3.63) is 60.2 Å². The summed E-state index contributed by atoms with van der Waals surface area (Å²) < 4.78 is 5.71. The fourth-order valence-corrected chi connectivity index (χ4v) is 4.71. The van der Waals surface area contributed by atoms with Crippen molar-refractivity contribution in [2.75, 3.05) is 0 Å². The highest BCUT2D eigenvalue weighted by Gasteiger charge is 2.73. The van der Waals surface area contributed by atoms with E-state index in [1.165, 1.54) is 0 Å². The van der Waals surface area contributed by atoms with E-state index in [9.17, 15) is 34.5 Å². The zero-order valence-electron chi connectivity index (χ0n) is 17.9. The molecule has 3 rings (SSSR count). The maximum absolute atomic E-state index is 13.2. The first-order chi connectivity index (χ1) is 15.7. The summed E-state index contributed by atoms with van der Waals surface area (Å²) in [6.45, 7) is 1.71. The van der Waals surface area contributed by atoms with Gasteiger partial charge in [-0.05, 0) is 36.2 Å². The number of aliphatic carboxylic acids is 3. The van der Waals surface area contributed by atoms with E-state index >= 15 is 0 Å². The van der Waals surface area contributed by atoms with Crippen molar-refractivity contribution in [1.82, 2.24) is 5.32 Å². The third-order valence-electron chi connectivity index (χ3n) is 6.09. The lowest BCUT2D eigenvalue weighted by atomic mass is 9.44. The van der Waals surface area contributed by atoms with Crippen LogP contribution >= 0.6 is 0 Å². The fourth-order valence-electron chi connectivity index (χ4n) is 4.71. The predicted molar refractivity (Wildman–Crippen MR) is 116 cm³/mol. The molecule has 2 aromatic rings. The Kier molecular flexibility index (Phi) is 7.01. The molecule has 33 heavy (non-hydrogen) atoms. The van der Waals surface area contributed by atoms with Crippen LogP contribution in [0, 0.1) is 23.2 Å². The van der Waals surface area contributed by atoms with Gasteiger partial charge in [-0.1, -0.05) is 43.7 Å². The first-order valence-corrected chi connectivity index (χ1v) is 10.5. The number of ether oxygens (including phenoxy) is 1. The third kappa shape index (κ3) is 4.52. The van der Waals surface area contributed by atoms with Gasteiger partial charge in [0.1, 0.15) is 11.5 Å². The summed E-state index contributed by atoms with van der Waals surface area (Å²) in [5.41, 5.74) is -1.16. The lowest BCUT2D eigenvalue weighted by molar-refractivity contribution is -0.206. The molecule has 0 aromatic heterocycles. The molecule has 174 valence electrons. The van der Waals surface area contributed by atoms with E-state index < -0.39 is 47.0 Å². The molecule has 2 atom stereocenters. The van der Waals surface area contributed by atoms with Crippen molar-refractivity contribution in [1.29, 1.82) is 0 Å². The van der Waals surface area contributed by atoms with Crippen LogP contribution in [0.5, 0.6) is 11.5 Å². The number of carboxylic acid groups (broad SMARTS) is 3. The second-order valence-electron chi connectivity index (χ2n) is 8.03. The fraction of sp³-hybridized carbons (Fsp3) is 0.333. The minimum absolute atomic E-state index is 0.0202. The molecule has 4 N–H and O–H groups in total. The highest BCUT2D eigenvalue weighted by atomic mass is 16.5. The molecule has 0 saturated heterocycles. The molecule has 1 aliphatic carbocycles. The van der Waals surface area contributed by atoms with Gasteiger partial charge in [-0.15, -0.1) is 0 Å². The number of carbonyl (C=O) groups is 4. The summed E-state index contributed by atoms with van der Waals surface area (Å²) in [6.07, 6.45) is 0.263. The maximum Gasteiger partial charge on any atom is 0.308 e. The number of amides is 1. The minimum Gasteiger partial charge on any atom is -0.481 e. The van der Waals surface area contributed by atoms with Crippen LogP contribution in [0.3, 0.4) is 0 Å². The van der Waals surface area contributed by atoms with Crippen LogP contribution in [0.15, 0.2) is 54.6 Å². The topological polar surface area (TPSA) is 150 Å². The van der Waals surface area contributed by atoms with Gasteiger partial charge in [0.25, 0.3) is 0 Å². The van der Waals surface area contributed by atoms with Gasteiger partial charge in [0.05, 0.1) is 23.2 Å². The molecule has 0 bridgehead atoms. The van der Waals surface area contributed by atoms with E-state index in [2.05, 4.69) is 5.32 Å². The number of hydrogen-bond donors (Lipinski definition) is 4. The van der Waals surface area contributed by atoms with Crippen LogP contribution in [0.1, 0.15) is 25.3 Å². The molecule has 0 spiro atoms. The normalized spacial score (nSPS) is 23.7. The van der Waals surface area contributed by atoms with Crippen LogP contribution in [0.4, 0.5) is 0 Å². The van der Waals surface area contributed by atoms with Crippen molar-refractivity contribution in [3.8, 4) is 11.5 Å². The molecule has 0 aliphatic heterocycles. The number of carbonyl (C=O) groups excluding carboxylic acids is 1. The number of carboxylic acids is 3. The number of benzene rings is 2. The van der Waals surface area contributed by atoms with E-state index in [1.54, 1.807) is 31.2 Å². The summed E-state index contributed by atoms with van der Waals surface area (Å²) in [7, 11) is 0. The quantitative estimate of drug-likeness (QED) is 0.427. The number of nitrogens with one attached hydrogen (secondary N) is 1. The van der Waals surface area contributed by atoms with Gasteiger partial charge >= 0.3 is 17.9 Å². The molecule has 1 saturated carbocycles. The zero-order chi connectivity index (χ0) is 24.2. The molecule has 0 unspecified atom stereocenters. The number of rotatable bonds is 10. The Labute approximate surface area is 190 Å². The number of para-hydroxylation sites is 1. The molecule has 2 aromatic carbocycles. The van der Waals surface area contributed by atoms with Gasteiger partial charge in [-0.2, -0.15) is 0 Å². The Balaban J connectivity index is 1.76. The van der Waals surface area contributed by atoms with Crippen LogP contribution in [0.2, 0.25) is 0 Å². The molecule has 1 aliphatic rings. The first-order valence-electron chi connectivity index (χ1n) is 10.5. The monoisotopic (exact) mass is 455 g/mol. The summed E-state index contributed by atoms with van der Waals surface area (Å²) in [5.74, 6) is -8.98. The summed E-state index contributed by atoms with van der Waals surface area (Å²) in [6, 6.07) is 16.0. The summed E-state index contributed by atoms with van der Waals surface area (Å²) in [5, 5.41) is 31.3.